The Bertz CT molecular complexity index is 198. The van der Waals surface area contributed by atoms with Gasteiger partial charge in [-0.05, 0) is 0 Å². The fourth-order valence-electron chi connectivity index (χ4n) is 0.236. The maximum absolute atomic E-state index is 9.28. The van der Waals surface area contributed by atoms with E-state index in [0.717, 1.165) is 0 Å². The molecule has 0 aromatic carbocycles. The Hall–Kier alpha value is -1.32. The zero-order valence-electron chi connectivity index (χ0n) is 7.18. The Morgan fingerprint density at radius 1 is 0.600 bits per heavy atom. The third-order valence-corrected chi connectivity index (χ3v) is 0.577. The second-order valence-electron chi connectivity index (χ2n) is 1.84. The molecule has 0 amide bonds. The molecule has 0 saturated carbocycles. The quantitative estimate of drug-likeness (QED) is 0.365. The summed E-state index contributed by atoms with van der Waals surface area (Å²) in [6.45, 7) is 0. The summed E-state index contributed by atoms with van der Waals surface area (Å²) in [6, 6.07) is 0. The van der Waals surface area contributed by atoms with Crippen molar-refractivity contribution in [2.75, 3.05) is 0 Å². The minimum absolute atomic E-state index is 0. The van der Waals surface area contributed by atoms with Crippen LogP contribution in [0.2, 0.25) is 0 Å². The van der Waals surface area contributed by atoms with Crippen LogP contribution in [0.4, 0.5) is 0 Å². The number of rotatable bonds is 4. The van der Waals surface area contributed by atoms with Gasteiger partial charge in [-0.3, -0.25) is 0 Å². The standard InChI is InChI=1S/2C3H4O4.Sn/c2*4-2(5)1-3(6)7;/h2*1H2,(H,4,5)(H,6,7);/q;;+4/p-4/i;;1-2. The molecule has 0 heterocycles. The van der Waals surface area contributed by atoms with Gasteiger partial charge in [0, 0.05) is 36.7 Å². The molecule has 0 aliphatic heterocycles. The molecule has 0 N–H and O–H groups in total. The minimum Gasteiger partial charge on any atom is -0.550 e. The molecule has 0 fully saturated rings. The second kappa shape index (κ2) is 10.8. The first kappa shape index (κ1) is 19.3. The zero-order valence-corrected chi connectivity index (χ0v) is 10.0. The molecule has 0 saturated heterocycles. The Morgan fingerprint density at radius 3 is 0.733 bits per heavy atom. The number of carbonyl (C=O) groups is 4. The van der Waals surface area contributed by atoms with Crippen molar-refractivity contribution in [3.8, 4) is 0 Å². The number of aliphatic carboxylic acids is 4. The van der Waals surface area contributed by atoms with Crippen molar-refractivity contribution in [1.29, 1.82) is 0 Å². The molecule has 0 unspecified atom stereocenters. The smallest absolute Gasteiger partial charge is 0.550 e. The van der Waals surface area contributed by atoms with Crippen LogP contribution in [-0.2, 0) is 19.2 Å². The van der Waals surface area contributed by atoms with Gasteiger partial charge in [-0.1, -0.05) is 0 Å². The Balaban J connectivity index is -0.000000180. The molecule has 0 aliphatic rings. The normalized spacial score (nSPS) is 7.47. The average Bonchev–Trinajstić information content (AvgIpc) is 1.79. The molecule has 0 rings (SSSR count). The first-order valence-corrected chi connectivity index (χ1v) is 3.05. The van der Waals surface area contributed by atoms with Crippen LogP contribution in [-0.4, -0.2) is 47.8 Å². The molecule has 0 aromatic rings. The maximum atomic E-state index is 9.28. The predicted octanol–water partition coefficient (Wildman–Crippen LogP) is -6.63. The Labute approximate surface area is 100 Å². The molecule has 0 atom stereocenters. The van der Waals surface area contributed by atoms with Gasteiger partial charge in [0.1, 0.15) is 0 Å². The first-order chi connectivity index (χ1) is 6.25. The van der Waals surface area contributed by atoms with Crippen molar-refractivity contribution in [3.63, 3.8) is 0 Å². The van der Waals surface area contributed by atoms with Crippen molar-refractivity contribution >= 4 is 47.8 Å². The van der Waals surface area contributed by atoms with E-state index < -0.39 is 36.7 Å². The van der Waals surface area contributed by atoms with Gasteiger partial charge < -0.3 is 39.6 Å². The Kier molecular flexibility index (Phi) is 13.8. The summed E-state index contributed by atoms with van der Waals surface area (Å²) in [7, 11) is 0. The molecular weight excluding hydrogens is 317 g/mol. The van der Waals surface area contributed by atoms with Crippen LogP contribution < -0.4 is 20.4 Å². The molecule has 0 bridgehead atoms. The van der Waals surface area contributed by atoms with Gasteiger partial charge in [0.15, 0.2) is 0 Å². The van der Waals surface area contributed by atoms with Gasteiger partial charge in [-0.15, -0.1) is 0 Å². The molecular formula is C6H4O8Sn. The molecule has 9 heteroatoms. The molecule has 0 aliphatic carbocycles. The van der Waals surface area contributed by atoms with Crippen LogP contribution in [0, 0.1) is 0 Å². The van der Waals surface area contributed by atoms with Gasteiger partial charge in [-0.25, -0.2) is 0 Å². The Morgan fingerprint density at radius 2 is 0.733 bits per heavy atom. The van der Waals surface area contributed by atoms with E-state index in [9.17, 15) is 39.6 Å². The second-order valence-corrected chi connectivity index (χ2v) is 1.84. The van der Waals surface area contributed by atoms with E-state index in [1.807, 2.05) is 0 Å². The predicted molar refractivity (Wildman–Crippen MR) is 35.0 cm³/mol. The van der Waals surface area contributed by atoms with Gasteiger partial charge in [-0.2, -0.15) is 0 Å². The fourth-order valence-corrected chi connectivity index (χ4v) is 0.236. The number of hydrogen-bond donors (Lipinski definition) is 0. The van der Waals surface area contributed by atoms with Gasteiger partial charge in [0.25, 0.3) is 0 Å². The molecule has 0 aromatic heterocycles. The summed E-state index contributed by atoms with van der Waals surface area (Å²) >= 11 is 0. The molecule has 8 nitrogen and oxygen atoms in total. The summed E-state index contributed by atoms with van der Waals surface area (Å²) < 4.78 is 0. The number of carboxylic acid groups (broad SMARTS) is 4. The van der Waals surface area contributed by atoms with Crippen molar-refractivity contribution in [3.05, 3.63) is 0 Å². The SMILES string of the molecule is O=C([O-])CC(=O)[O-].O=C([O-])CC(=O)[O-].[117Sn+4]. The zero-order chi connectivity index (χ0) is 11.7. The van der Waals surface area contributed by atoms with E-state index in [1.54, 1.807) is 0 Å². The largest absolute Gasteiger partial charge is 4.00 e. The average molecular weight is 321 g/mol. The summed E-state index contributed by atoms with van der Waals surface area (Å²) in [5.74, 6) is -6.50. The molecule has 0 radical (unpaired) electrons. The minimum atomic E-state index is -1.63. The molecule has 80 valence electrons. The van der Waals surface area contributed by atoms with Crippen molar-refractivity contribution in [2.24, 2.45) is 0 Å². The van der Waals surface area contributed by atoms with E-state index >= 15 is 0 Å². The van der Waals surface area contributed by atoms with Crippen LogP contribution in [0.5, 0.6) is 0 Å². The third-order valence-electron chi connectivity index (χ3n) is 0.577. The summed E-state index contributed by atoms with van der Waals surface area (Å²) in [4.78, 5) is 37.1. The number of hydrogen-bond acceptors (Lipinski definition) is 8. The van der Waals surface area contributed by atoms with E-state index in [1.165, 1.54) is 0 Å². The van der Waals surface area contributed by atoms with Crippen LogP contribution in [0.25, 0.3) is 0 Å². The maximum Gasteiger partial charge on any atom is 4.00 e. The van der Waals surface area contributed by atoms with Gasteiger partial charge in [0.2, 0.25) is 0 Å². The van der Waals surface area contributed by atoms with Gasteiger partial charge >= 0.3 is 23.9 Å². The third kappa shape index (κ3) is 32.4. The van der Waals surface area contributed by atoms with E-state index in [-0.39, 0.29) is 23.9 Å². The van der Waals surface area contributed by atoms with E-state index in [0.29, 0.717) is 0 Å². The summed E-state index contributed by atoms with van der Waals surface area (Å²) in [6.07, 6.45) is -2.06. The van der Waals surface area contributed by atoms with Gasteiger partial charge in [0.05, 0.1) is 0 Å². The summed E-state index contributed by atoms with van der Waals surface area (Å²) in [5, 5.41) is 37.1. The monoisotopic (exact) mass is 321 g/mol. The first-order valence-electron chi connectivity index (χ1n) is 3.05. The van der Waals surface area contributed by atoms with Crippen LogP contribution in [0.3, 0.4) is 0 Å². The summed E-state index contributed by atoms with van der Waals surface area (Å²) in [5.41, 5.74) is 0. The van der Waals surface area contributed by atoms with Crippen molar-refractivity contribution in [1.82, 2.24) is 0 Å². The van der Waals surface area contributed by atoms with Crippen molar-refractivity contribution in [2.45, 2.75) is 12.8 Å². The van der Waals surface area contributed by atoms with Crippen molar-refractivity contribution < 1.29 is 39.6 Å². The molecule has 0 spiro atoms. The van der Waals surface area contributed by atoms with Crippen LogP contribution in [0.15, 0.2) is 0 Å². The topological polar surface area (TPSA) is 161 Å². The van der Waals surface area contributed by atoms with E-state index in [4.69, 9.17) is 0 Å². The fraction of sp³-hybridized carbons (Fsp3) is 0.333. The van der Waals surface area contributed by atoms with Crippen LogP contribution in [0.1, 0.15) is 12.8 Å². The van der Waals surface area contributed by atoms with Crippen LogP contribution >= 0.6 is 0 Å². The number of carbonyl (C=O) groups excluding carboxylic acids is 4. The number of carboxylic acids is 4. The van der Waals surface area contributed by atoms with E-state index in [2.05, 4.69) is 0 Å². The molecule has 15 heavy (non-hydrogen) atoms.